The second-order valence-corrected chi connectivity index (χ2v) is 13.7. The SMILES string of the molecule is CCOc1ccc(S(=O)(=O)N(CC(=O)N(Cc2ccc(Br)cc2)[C@H](Cc2ccccc2)C(=O)N[C@H](C)CC)c2ccccc2)cc1. The van der Waals surface area contributed by atoms with E-state index >= 15 is 0 Å². The Morgan fingerprint density at radius 3 is 2.02 bits per heavy atom. The smallest absolute Gasteiger partial charge is 0.264 e. The third-order valence-electron chi connectivity index (χ3n) is 7.58. The predicted octanol–water partition coefficient (Wildman–Crippen LogP) is 6.60. The van der Waals surface area contributed by atoms with Crippen molar-refractivity contribution in [2.75, 3.05) is 17.5 Å². The highest BCUT2D eigenvalue weighted by molar-refractivity contribution is 9.10. The monoisotopic (exact) mass is 705 g/mol. The number of benzene rings is 4. The average Bonchev–Trinajstić information content (AvgIpc) is 3.07. The van der Waals surface area contributed by atoms with Crippen molar-refractivity contribution in [2.45, 2.75) is 57.1 Å². The van der Waals surface area contributed by atoms with Crippen LogP contribution < -0.4 is 14.4 Å². The quantitative estimate of drug-likeness (QED) is 0.150. The number of carbonyl (C=O) groups is 2. The minimum Gasteiger partial charge on any atom is -0.494 e. The molecule has 2 atom stereocenters. The highest BCUT2D eigenvalue weighted by atomic mass is 79.9. The van der Waals surface area contributed by atoms with E-state index in [0.29, 0.717) is 24.5 Å². The Hall–Kier alpha value is -4.15. The lowest BCUT2D eigenvalue weighted by atomic mass is 10.0. The van der Waals surface area contributed by atoms with Crippen LogP contribution in [0.4, 0.5) is 5.69 Å². The zero-order valence-electron chi connectivity index (χ0n) is 26.3. The summed E-state index contributed by atoms with van der Waals surface area (Å²) in [6.07, 6.45) is 0.967. The van der Waals surface area contributed by atoms with E-state index < -0.39 is 28.5 Å². The molecule has 0 heterocycles. The van der Waals surface area contributed by atoms with Gasteiger partial charge in [0.15, 0.2) is 0 Å². The summed E-state index contributed by atoms with van der Waals surface area (Å²) in [6, 6.07) is 30.6. The van der Waals surface area contributed by atoms with Crippen LogP contribution >= 0.6 is 15.9 Å². The summed E-state index contributed by atoms with van der Waals surface area (Å²) in [5.74, 6) is -0.272. The summed E-state index contributed by atoms with van der Waals surface area (Å²) in [6.45, 7) is 5.77. The maximum atomic E-state index is 14.5. The van der Waals surface area contributed by atoms with Crippen molar-refractivity contribution in [3.63, 3.8) is 0 Å². The fourth-order valence-corrected chi connectivity index (χ4v) is 6.58. The van der Waals surface area contributed by atoms with Crippen LogP contribution in [0, 0.1) is 0 Å². The van der Waals surface area contributed by atoms with E-state index in [-0.39, 0.29) is 29.8 Å². The van der Waals surface area contributed by atoms with E-state index in [4.69, 9.17) is 4.74 Å². The number of amides is 2. The molecule has 0 radical (unpaired) electrons. The highest BCUT2D eigenvalue weighted by Crippen LogP contribution is 2.26. The molecule has 0 aliphatic carbocycles. The van der Waals surface area contributed by atoms with Crippen LogP contribution in [-0.4, -0.2) is 50.4 Å². The predicted molar refractivity (Wildman–Crippen MR) is 185 cm³/mol. The number of ether oxygens (including phenoxy) is 1. The van der Waals surface area contributed by atoms with Gasteiger partial charge in [-0.05, 0) is 79.9 Å². The van der Waals surface area contributed by atoms with Gasteiger partial charge in [-0.3, -0.25) is 13.9 Å². The topological polar surface area (TPSA) is 96.0 Å². The van der Waals surface area contributed by atoms with Gasteiger partial charge in [-0.1, -0.05) is 83.5 Å². The number of hydrogen-bond acceptors (Lipinski definition) is 5. The fourth-order valence-electron chi connectivity index (χ4n) is 4.91. The summed E-state index contributed by atoms with van der Waals surface area (Å²) in [5, 5.41) is 3.05. The van der Waals surface area contributed by atoms with Gasteiger partial charge in [0, 0.05) is 23.5 Å². The minimum absolute atomic E-state index is 0.0161. The number of nitrogens with zero attached hydrogens (tertiary/aromatic N) is 2. The largest absolute Gasteiger partial charge is 0.494 e. The third kappa shape index (κ3) is 9.20. The van der Waals surface area contributed by atoms with E-state index in [1.54, 1.807) is 42.5 Å². The van der Waals surface area contributed by atoms with Crippen LogP contribution in [0.5, 0.6) is 5.75 Å². The van der Waals surface area contributed by atoms with Gasteiger partial charge in [0.25, 0.3) is 10.0 Å². The van der Waals surface area contributed by atoms with Gasteiger partial charge in [-0.2, -0.15) is 0 Å². The molecule has 0 aliphatic rings. The van der Waals surface area contributed by atoms with Gasteiger partial charge in [-0.15, -0.1) is 0 Å². The molecular weight excluding hydrogens is 666 g/mol. The molecule has 0 saturated heterocycles. The van der Waals surface area contributed by atoms with E-state index in [9.17, 15) is 18.0 Å². The average molecular weight is 707 g/mol. The first-order valence-corrected chi connectivity index (χ1v) is 17.5. The molecule has 46 heavy (non-hydrogen) atoms. The number of rotatable bonds is 15. The number of anilines is 1. The second kappa shape index (κ2) is 16.4. The van der Waals surface area contributed by atoms with Gasteiger partial charge < -0.3 is 15.0 Å². The summed E-state index contributed by atoms with van der Waals surface area (Å²) < 4.78 is 35.8. The van der Waals surface area contributed by atoms with E-state index in [2.05, 4.69) is 21.2 Å². The number of sulfonamides is 1. The molecule has 0 aliphatic heterocycles. The van der Waals surface area contributed by atoms with Crippen LogP contribution in [0.25, 0.3) is 0 Å². The fraction of sp³-hybridized carbons (Fsp3) is 0.278. The number of para-hydroxylation sites is 1. The lowest BCUT2D eigenvalue weighted by molar-refractivity contribution is -0.140. The molecule has 0 bridgehead atoms. The van der Waals surface area contributed by atoms with Gasteiger partial charge in [0.1, 0.15) is 18.3 Å². The molecule has 8 nitrogen and oxygen atoms in total. The number of hydrogen-bond donors (Lipinski definition) is 1. The molecule has 2 amide bonds. The van der Waals surface area contributed by atoms with Gasteiger partial charge in [-0.25, -0.2) is 8.42 Å². The number of nitrogens with one attached hydrogen (secondary N) is 1. The molecule has 0 aromatic heterocycles. The lowest BCUT2D eigenvalue weighted by Crippen LogP contribution is -2.54. The van der Waals surface area contributed by atoms with E-state index in [1.807, 2.05) is 75.4 Å². The van der Waals surface area contributed by atoms with Crippen LogP contribution in [-0.2, 0) is 32.6 Å². The normalized spacial score (nSPS) is 12.5. The third-order valence-corrected chi connectivity index (χ3v) is 9.90. The second-order valence-electron chi connectivity index (χ2n) is 10.9. The first kappa shape index (κ1) is 34.7. The molecule has 242 valence electrons. The van der Waals surface area contributed by atoms with Gasteiger partial charge in [0.05, 0.1) is 17.2 Å². The molecule has 0 fully saturated rings. The molecule has 0 saturated carbocycles. The summed E-state index contributed by atoms with van der Waals surface area (Å²) in [5.41, 5.74) is 2.01. The summed E-state index contributed by atoms with van der Waals surface area (Å²) in [4.78, 5) is 29.9. The Labute approximate surface area is 280 Å². The molecule has 4 rings (SSSR count). The van der Waals surface area contributed by atoms with Gasteiger partial charge in [0.2, 0.25) is 11.8 Å². The van der Waals surface area contributed by atoms with Crippen molar-refractivity contribution in [2.24, 2.45) is 0 Å². The van der Waals surface area contributed by atoms with Crippen LogP contribution in [0.1, 0.15) is 38.3 Å². The van der Waals surface area contributed by atoms with Crippen molar-refractivity contribution >= 4 is 43.5 Å². The molecule has 10 heteroatoms. The standard InChI is InChI=1S/C36H40BrN3O5S/c1-4-27(3)38-36(42)34(24-28-12-8-6-9-13-28)39(25-29-16-18-30(37)19-17-29)35(41)26-40(31-14-10-7-11-15-31)46(43,44)33-22-20-32(21-23-33)45-5-2/h6-23,27,34H,4-5,24-26H2,1-3H3,(H,38,42)/t27-,34-/m1/s1. The Kier molecular flexibility index (Phi) is 12.4. The minimum atomic E-state index is -4.20. The van der Waals surface area contributed by atoms with Crippen molar-refractivity contribution < 1.29 is 22.7 Å². The molecule has 0 unspecified atom stereocenters. The van der Waals surface area contributed by atoms with E-state index in [0.717, 1.165) is 19.9 Å². The first-order chi connectivity index (χ1) is 22.1. The van der Waals surface area contributed by atoms with Crippen molar-refractivity contribution in [3.8, 4) is 5.75 Å². The zero-order valence-corrected chi connectivity index (χ0v) is 28.7. The lowest BCUT2D eigenvalue weighted by Gasteiger charge is -2.34. The zero-order chi connectivity index (χ0) is 33.1. The van der Waals surface area contributed by atoms with Crippen molar-refractivity contribution in [1.29, 1.82) is 0 Å². The molecule has 4 aromatic rings. The summed E-state index contributed by atoms with van der Waals surface area (Å²) in [7, 11) is -4.20. The number of carbonyl (C=O) groups excluding carboxylic acids is 2. The maximum absolute atomic E-state index is 14.5. The first-order valence-electron chi connectivity index (χ1n) is 15.3. The Morgan fingerprint density at radius 2 is 1.43 bits per heavy atom. The van der Waals surface area contributed by atoms with Crippen molar-refractivity contribution in [1.82, 2.24) is 10.2 Å². The van der Waals surface area contributed by atoms with Crippen LogP contribution in [0.3, 0.4) is 0 Å². The Morgan fingerprint density at radius 1 is 0.826 bits per heavy atom. The summed E-state index contributed by atoms with van der Waals surface area (Å²) >= 11 is 3.46. The molecule has 0 spiro atoms. The molecule has 1 N–H and O–H groups in total. The van der Waals surface area contributed by atoms with Gasteiger partial charge >= 0.3 is 0 Å². The maximum Gasteiger partial charge on any atom is 0.264 e. The highest BCUT2D eigenvalue weighted by Gasteiger charge is 2.35. The Balaban J connectivity index is 1.77. The molecular formula is C36H40BrN3O5S. The Bertz CT molecular complexity index is 1670. The molecule has 4 aromatic carbocycles. The van der Waals surface area contributed by atoms with E-state index in [1.165, 1.54) is 17.0 Å². The van der Waals surface area contributed by atoms with Crippen LogP contribution in [0.2, 0.25) is 0 Å². The van der Waals surface area contributed by atoms with Crippen LogP contribution in [0.15, 0.2) is 119 Å². The number of halogens is 1. The van der Waals surface area contributed by atoms with Crippen molar-refractivity contribution in [3.05, 3.63) is 125 Å².